The van der Waals surface area contributed by atoms with E-state index in [1.807, 2.05) is 6.26 Å². The second-order valence-electron chi connectivity index (χ2n) is 2.77. The molecule has 1 N–H and O–H groups in total. The topological polar surface area (TPSA) is 29.1 Å². The normalized spacial score (nSPS) is 9.86. The van der Waals surface area contributed by atoms with Crippen LogP contribution in [0.15, 0.2) is 24.3 Å². The van der Waals surface area contributed by atoms with Crippen LogP contribution in [0.2, 0.25) is 0 Å². The molecule has 4 heteroatoms. The fourth-order valence-electron chi connectivity index (χ4n) is 0.970. The van der Waals surface area contributed by atoms with Gasteiger partial charge in [-0.1, -0.05) is 12.1 Å². The van der Waals surface area contributed by atoms with Crippen molar-refractivity contribution in [1.29, 1.82) is 0 Å². The number of carbonyl (C=O) groups excluding carboxylic acids is 1. The lowest BCUT2D eigenvalue weighted by Crippen LogP contribution is -2.13. The van der Waals surface area contributed by atoms with E-state index in [1.54, 1.807) is 30.0 Å². The fraction of sp³-hybridized carbons (Fsp3) is 0.300. The highest BCUT2D eigenvalue weighted by molar-refractivity contribution is 7.98. The van der Waals surface area contributed by atoms with Crippen molar-refractivity contribution in [3.05, 3.63) is 30.1 Å². The zero-order valence-electron chi connectivity index (χ0n) is 7.92. The Bertz CT molecular complexity index is 317. The van der Waals surface area contributed by atoms with Gasteiger partial charge in [-0.2, -0.15) is 11.8 Å². The highest BCUT2D eigenvalue weighted by Gasteiger charge is 2.04. The number of nitrogens with one attached hydrogen (secondary N) is 1. The van der Waals surface area contributed by atoms with Crippen LogP contribution in [0, 0.1) is 5.82 Å². The maximum Gasteiger partial charge on any atom is 0.225 e. The van der Waals surface area contributed by atoms with Crippen molar-refractivity contribution in [2.75, 3.05) is 17.3 Å². The van der Waals surface area contributed by atoms with Gasteiger partial charge in [0.1, 0.15) is 5.82 Å². The predicted molar refractivity (Wildman–Crippen MR) is 58.0 cm³/mol. The summed E-state index contributed by atoms with van der Waals surface area (Å²) in [6.07, 6.45) is 2.34. The molecule has 0 heterocycles. The average molecular weight is 213 g/mol. The molecule has 76 valence electrons. The first-order valence-electron chi connectivity index (χ1n) is 4.27. The molecule has 0 saturated heterocycles. The number of benzene rings is 1. The summed E-state index contributed by atoms with van der Waals surface area (Å²) >= 11 is 1.59. The van der Waals surface area contributed by atoms with Crippen LogP contribution >= 0.6 is 11.8 Å². The van der Waals surface area contributed by atoms with Gasteiger partial charge in [0.25, 0.3) is 0 Å². The van der Waals surface area contributed by atoms with Crippen LogP contribution in [0.1, 0.15) is 6.42 Å². The summed E-state index contributed by atoms with van der Waals surface area (Å²) in [6.45, 7) is 0. The van der Waals surface area contributed by atoms with Crippen LogP contribution in [-0.4, -0.2) is 17.9 Å². The molecular weight excluding hydrogens is 201 g/mol. The lowest BCUT2D eigenvalue weighted by atomic mass is 10.3. The van der Waals surface area contributed by atoms with Gasteiger partial charge in [0.05, 0.1) is 5.69 Å². The van der Waals surface area contributed by atoms with Crippen molar-refractivity contribution < 1.29 is 9.18 Å². The molecule has 0 bridgehead atoms. The summed E-state index contributed by atoms with van der Waals surface area (Å²) in [5.74, 6) is 0.203. The Morgan fingerprint density at radius 2 is 2.21 bits per heavy atom. The molecule has 0 saturated carbocycles. The Morgan fingerprint density at radius 1 is 1.50 bits per heavy atom. The third-order valence-electron chi connectivity index (χ3n) is 1.68. The number of thioether (sulfide) groups is 1. The number of hydrogen-bond donors (Lipinski definition) is 1. The molecule has 0 unspecified atom stereocenters. The number of para-hydroxylation sites is 1. The van der Waals surface area contributed by atoms with Gasteiger partial charge < -0.3 is 5.32 Å². The third-order valence-corrected chi connectivity index (χ3v) is 2.29. The van der Waals surface area contributed by atoms with Crippen LogP contribution in [0.4, 0.5) is 10.1 Å². The largest absolute Gasteiger partial charge is 0.324 e. The van der Waals surface area contributed by atoms with Gasteiger partial charge in [-0.25, -0.2) is 4.39 Å². The van der Waals surface area contributed by atoms with Gasteiger partial charge in [-0.05, 0) is 18.4 Å². The molecule has 1 aromatic rings. The first-order chi connectivity index (χ1) is 6.74. The summed E-state index contributed by atoms with van der Waals surface area (Å²) in [5.41, 5.74) is 0.249. The number of carbonyl (C=O) groups is 1. The summed E-state index contributed by atoms with van der Waals surface area (Å²) in [6, 6.07) is 6.15. The minimum absolute atomic E-state index is 0.149. The molecule has 0 aliphatic carbocycles. The zero-order valence-corrected chi connectivity index (χ0v) is 8.73. The van der Waals surface area contributed by atoms with E-state index in [4.69, 9.17) is 0 Å². The van der Waals surface area contributed by atoms with E-state index in [-0.39, 0.29) is 11.6 Å². The zero-order chi connectivity index (χ0) is 10.4. The number of hydrogen-bond acceptors (Lipinski definition) is 2. The Morgan fingerprint density at radius 3 is 2.86 bits per heavy atom. The van der Waals surface area contributed by atoms with E-state index in [1.165, 1.54) is 6.07 Å². The first-order valence-corrected chi connectivity index (χ1v) is 5.66. The molecule has 0 aromatic heterocycles. The Balaban J connectivity index is 2.52. The van der Waals surface area contributed by atoms with Crippen molar-refractivity contribution in [3.8, 4) is 0 Å². The monoisotopic (exact) mass is 213 g/mol. The maximum atomic E-state index is 13.1. The van der Waals surface area contributed by atoms with Crippen LogP contribution in [0.25, 0.3) is 0 Å². The van der Waals surface area contributed by atoms with E-state index >= 15 is 0 Å². The second-order valence-corrected chi connectivity index (χ2v) is 3.76. The van der Waals surface area contributed by atoms with E-state index in [2.05, 4.69) is 5.32 Å². The van der Waals surface area contributed by atoms with Gasteiger partial charge in [-0.3, -0.25) is 4.79 Å². The number of anilines is 1. The molecule has 0 fully saturated rings. The van der Waals surface area contributed by atoms with E-state index in [0.717, 1.165) is 5.75 Å². The third kappa shape index (κ3) is 3.38. The van der Waals surface area contributed by atoms with E-state index in [9.17, 15) is 9.18 Å². The van der Waals surface area contributed by atoms with Gasteiger partial charge in [-0.15, -0.1) is 0 Å². The smallest absolute Gasteiger partial charge is 0.225 e. The van der Waals surface area contributed by atoms with Gasteiger partial charge in [0.15, 0.2) is 0 Å². The molecule has 1 aromatic carbocycles. The van der Waals surface area contributed by atoms with Crippen molar-refractivity contribution in [2.45, 2.75) is 6.42 Å². The number of rotatable bonds is 4. The second kappa shape index (κ2) is 5.65. The quantitative estimate of drug-likeness (QED) is 0.832. The fourth-order valence-corrected chi connectivity index (χ4v) is 1.36. The predicted octanol–water partition coefficient (Wildman–Crippen LogP) is 2.52. The molecule has 0 atom stereocenters. The SMILES string of the molecule is CSCCC(=O)Nc1ccccc1F. The molecule has 0 aliphatic rings. The lowest BCUT2D eigenvalue weighted by molar-refractivity contribution is -0.115. The summed E-state index contributed by atoms with van der Waals surface area (Å²) in [5, 5.41) is 2.52. The highest BCUT2D eigenvalue weighted by Crippen LogP contribution is 2.12. The van der Waals surface area contributed by atoms with E-state index in [0.29, 0.717) is 6.42 Å². The molecule has 1 amide bonds. The Labute approximate surface area is 86.9 Å². The van der Waals surface area contributed by atoms with Crippen LogP contribution < -0.4 is 5.32 Å². The van der Waals surface area contributed by atoms with E-state index < -0.39 is 5.82 Å². The molecular formula is C10H12FNOS. The van der Waals surface area contributed by atoms with Crippen molar-refractivity contribution >= 4 is 23.4 Å². The Hall–Kier alpha value is -1.03. The number of amides is 1. The number of halogens is 1. The molecule has 0 radical (unpaired) electrons. The van der Waals surface area contributed by atoms with Gasteiger partial charge in [0.2, 0.25) is 5.91 Å². The molecule has 0 spiro atoms. The van der Waals surface area contributed by atoms with Crippen LogP contribution in [0.5, 0.6) is 0 Å². The highest BCUT2D eigenvalue weighted by atomic mass is 32.2. The average Bonchev–Trinajstić information content (AvgIpc) is 2.18. The Kier molecular flexibility index (Phi) is 4.46. The van der Waals surface area contributed by atoms with Gasteiger partial charge >= 0.3 is 0 Å². The minimum Gasteiger partial charge on any atom is -0.324 e. The van der Waals surface area contributed by atoms with Crippen LogP contribution in [0.3, 0.4) is 0 Å². The maximum absolute atomic E-state index is 13.1. The van der Waals surface area contributed by atoms with Crippen molar-refractivity contribution in [3.63, 3.8) is 0 Å². The standard InChI is InChI=1S/C10H12FNOS/c1-14-7-6-10(13)12-9-5-3-2-4-8(9)11/h2-5H,6-7H2,1H3,(H,12,13). The molecule has 14 heavy (non-hydrogen) atoms. The van der Waals surface area contributed by atoms with Crippen molar-refractivity contribution in [2.24, 2.45) is 0 Å². The summed E-state index contributed by atoms with van der Waals surface area (Å²) < 4.78 is 13.1. The lowest BCUT2D eigenvalue weighted by Gasteiger charge is -2.04. The summed E-state index contributed by atoms with van der Waals surface area (Å²) in [4.78, 5) is 11.2. The summed E-state index contributed by atoms with van der Waals surface area (Å²) in [7, 11) is 0. The molecule has 1 rings (SSSR count). The first kappa shape index (κ1) is 11.0. The minimum atomic E-state index is -0.398. The van der Waals surface area contributed by atoms with Crippen LogP contribution in [-0.2, 0) is 4.79 Å². The van der Waals surface area contributed by atoms with Crippen molar-refractivity contribution in [1.82, 2.24) is 0 Å². The molecule has 0 aliphatic heterocycles. The molecule has 2 nitrogen and oxygen atoms in total. The van der Waals surface area contributed by atoms with Gasteiger partial charge in [0, 0.05) is 12.2 Å².